The summed E-state index contributed by atoms with van der Waals surface area (Å²) in [5.74, 6) is -0.385. The molecule has 11 unspecified atom stereocenters. The predicted molar refractivity (Wildman–Crippen MR) is 321 cm³/mol. The molecular formula is C66H116O14. The van der Waals surface area contributed by atoms with Crippen LogP contribution in [0.3, 0.4) is 0 Å². The standard InChI is InChI=1S/C66H116O14/c1-3-5-7-9-11-13-15-17-19-21-23-25-27-28-29-31-33-35-37-39-41-43-45-47-49-58(68)78-55(52-75-50-48-46-44-42-40-38-36-34-32-30-26-24-22-20-18-16-14-12-10-8-6-4-2)53-76-65-64(74)62(72)60(70)57(80-65)54-77-66-63(73)61(71)59(69)56(51-67)79-66/h6,8,12,14,18,20,24,26,32,34,38,40,55-57,59-67,69-74H,3-5,7,9-11,13,15-17,19,21-23,25,27-31,33,35-37,39,41-54H2,1-2H3/b8-6-,14-12-,20-18-,26-24-,34-32-,40-38-. The van der Waals surface area contributed by atoms with Crippen LogP contribution in [0.2, 0.25) is 0 Å². The van der Waals surface area contributed by atoms with E-state index in [1.165, 1.54) is 128 Å². The minimum atomic E-state index is -1.72. The molecule has 0 aromatic heterocycles. The number of esters is 1. The van der Waals surface area contributed by atoms with Crippen molar-refractivity contribution in [2.45, 2.75) is 306 Å². The monoisotopic (exact) mass is 1130 g/mol. The summed E-state index contributed by atoms with van der Waals surface area (Å²) in [6, 6.07) is 0. The highest BCUT2D eigenvalue weighted by atomic mass is 16.7. The van der Waals surface area contributed by atoms with Gasteiger partial charge in [-0.3, -0.25) is 4.79 Å². The highest BCUT2D eigenvalue weighted by molar-refractivity contribution is 5.69. The zero-order valence-electron chi connectivity index (χ0n) is 50.1. The number of allylic oxidation sites excluding steroid dienone is 12. The predicted octanol–water partition coefficient (Wildman–Crippen LogP) is 12.6. The maximum absolute atomic E-state index is 13.1. The smallest absolute Gasteiger partial charge is 0.306 e. The van der Waals surface area contributed by atoms with E-state index >= 15 is 0 Å². The van der Waals surface area contributed by atoms with E-state index in [1.54, 1.807) is 0 Å². The van der Waals surface area contributed by atoms with Crippen molar-refractivity contribution >= 4 is 5.97 Å². The molecule has 2 aliphatic heterocycles. The van der Waals surface area contributed by atoms with Crippen LogP contribution in [-0.2, 0) is 33.2 Å². The summed E-state index contributed by atoms with van der Waals surface area (Å²) in [5, 5.41) is 72.5. The van der Waals surface area contributed by atoms with E-state index < -0.39 is 80.7 Å². The number of aliphatic hydroxyl groups is 7. The minimum absolute atomic E-state index is 0.0377. The number of carbonyl (C=O) groups is 1. The molecule has 0 amide bonds. The molecule has 2 heterocycles. The summed E-state index contributed by atoms with van der Waals surface area (Å²) in [6.45, 7) is 3.52. The first kappa shape index (κ1) is 73.5. The maximum Gasteiger partial charge on any atom is 0.306 e. The Kier molecular flexibility index (Phi) is 47.8. The van der Waals surface area contributed by atoms with Crippen molar-refractivity contribution in [3.8, 4) is 0 Å². The van der Waals surface area contributed by atoms with Crippen molar-refractivity contribution in [1.82, 2.24) is 0 Å². The number of hydrogen-bond donors (Lipinski definition) is 7. The molecule has 0 aromatic rings. The van der Waals surface area contributed by atoms with E-state index in [0.717, 1.165) is 83.5 Å². The molecular weight excluding hydrogens is 1020 g/mol. The molecule has 0 saturated carbocycles. The summed E-state index contributed by atoms with van der Waals surface area (Å²) in [7, 11) is 0. The van der Waals surface area contributed by atoms with Crippen LogP contribution in [0.1, 0.15) is 239 Å². The second kappa shape index (κ2) is 52.0. The second-order valence-electron chi connectivity index (χ2n) is 22.2. The maximum atomic E-state index is 13.1. The zero-order valence-corrected chi connectivity index (χ0v) is 50.1. The molecule has 0 radical (unpaired) electrons. The van der Waals surface area contributed by atoms with Gasteiger partial charge in [0.05, 0.1) is 26.4 Å². The number of aliphatic hydroxyl groups excluding tert-OH is 7. The third kappa shape index (κ3) is 37.6. The van der Waals surface area contributed by atoms with E-state index in [9.17, 15) is 40.5 Å². The molecule has 14 heteroatoms. The van der Waals surface area contributed by atoms with Crippen LogP contribution in [0.4, 0.5) is 0 Å². The lowest BCUT2D eigenvalue weighted by Gasteiger charge is -2.42. The highest BCUT2D eigenvalue weighted by Crippen LogP contribution is 2.27. The Balaban J connectivity index is 1.69. The summed E-state index contributed by atoms with van der Waals surface area (Å²) < 4.78 is 34.4. The molecule has 464 valence electrons. The quantitative estimate of drug-likeness (QED) is 0.0172. The first-order valence-electron chi connectivity index (χ1n) is 32.0. The fourth-order valence-corrected chi connectivity index (χ4v) is 9.88. The zero-order chi connectivity index (χ0) is 57.9. The van der Waals surface area contributed by atoms with E-state index in [0.29, 0.717) is 13.0 Å². The van der Waals surface area contributed by atoms with Crippen molar-refractivity contribution in [3.05, 3.63) is 72.9 Å². The van der Waals surface area contributed by atoms with E-state index in [4.69, 9.17) is 28.4 Å². The number of carbonyl (C=O) groups excluding carboxylic acids is 1. The van der Waals surface area contributed by atoms with Crippen LogP contribution < -0.4 is 0 Å². The molecule has 2 fully saturated rings. The number of rotatable bonds is 52. The van der Waals surface area contributed by atoms with Gasteiger partial charge in [-0.2, -0.15) is 0 Å². The summed E-state index contributed by atoms with van der Waals surface area (Å²) in [4.78, 5) is 13.1. The Labute approximate surface area is 485 Å². The topological polar surface area (TPSA) is 214 Å². The van der Waals surface area contributed by atoms with Crippen molar-refractivity contribution in [2.75, 3.05) is 33.0 Å². The Morgan fingerprint density at radius 1 is 0.425 bits per heavy atom. The SMILES string of the molecule is CC/C=C\C/C=C\C/C=C\C/C=C\C/C=C\C/C=C\CCCCCOCC(COC1OC(COC2OC(CO)C(O)C(O)C2O)C(O)C(O)C1O)OC(=O)CCCCCCCCCCCCCCCCCCCCCCCCCC. The fourth-order valence-electron chi connectivity index (χ4n) is 9.88. The second-order valence-corrected chi connectivity index (χ2v) is 22.2. The van der Waals surface area contributed by atoms with Crippen molar-refractivity contribution in [3.63, 3.8) is 0 Å². The largest absolute Gasteiger partial charge is 0.457 e. The van der Waals surface area contributed by atoms with Gasteiger partial charge in [0, 0.05) is 13.0 Å². The lowest BCUT2D eigenvalue weighted by atomic mass is 9.98. The van der Waals surface area contributed by atoms with Gasteiger partial charge in [0.1, 0.15) is 54.9 Å². The van der Waals surface area contributed by atoms with Gasteiger partial charge < -0.3 is 64.2 Å². The van der Waals surface area contributed by atoms with Crippen LogP contribution >= 0.6 is 0 Å². The Hall–Kier alpha value is -2.57. The minimum Gasteiger partial charge on any atom is -0.457 e. The lowest BCUT2D eigenvalue weighted by Crippen LogP contribution is -2.61. The average Bonchev–Trinajstić information content (AvgIpc) is 3.52. The van der Waals surface area contributed by atoms with Crippen molar-refractivity contribution < 1.29 is 69.0 Å². The Bertz CT molecular complexity index is 1600. The molecule has 0 aliphatic carbocycles. The van der Waals surface area contributed by atoms with Gasteiger partial charge in [-0.25, -0.2) is 0 Å². The van der Waals surface area contributed by atoms with Crippen LogP contribution in [0, 0.1) is 0 Å². The molecule has 2 rings (SSSR count). The van der Waals surface area contributed by atoms with Crippen LogP contribution in [0.15, 0.2) is 72.9 Å². The molecule has 0 bridgehead atoms. The van der Waals surface area contributed by atoms with Gasteiger partial charge in [0.25, 0.3) is 0 Å². The van der Waals surface area contributed by atoms with Gasteiger partial charge in [-0.1, -0.05) is 241 Å². The molecule has 11 atom stereocenters. The molecule has 7 N–H and O–H groups in total. The van der Waals surface area contributed by atoms with Gasteiger partial charge in [-0.15, -0.1) is 0 Å². The first-order chi connectivity index (χ1) is 39.1. The van der Waals surface area contributed by atoms with Crippen LogP contribution in [-0.4, -0.2) is 142 Å². The third-order valence-electron chi connectivity index (χ3n) is 15.0. The average molecular weight is 1130 g/mol. The van der Waals surface area contributed by atoms with Crippen LogP contribution in [0.5, 0.6) is 0 Å². The van der Waals surface area contributed by atoms with Crippen LogP contribution in [0.25, 0.3) is 0 Å². The number of ether oxygens (including phenoxy) is 6. The summed E-state index contributed by atoms with van der Waals surface area (Å²) in [6.07, 6.45) is 51.2. The normalized spacial score (nSPS) is 24.3. The van der Waals surface area contributed by atoms with Gasteiger partial charge >= 0.3 is 5.97 Å². The number of hydrogen-bond acceptors (Lipinski definition) is 14. The van der Waals surface area contributed by atoms with Gasteiger partial charge in [0.2, 0.25) is 0 Å². The molecule has 14 nitrogen and oxygen atoms in total. The van der Waals surface area contributed by atoms with Crippen molar-refractivity contribution in [1.29, 1.82) is 0 Å². The van der Waals surface area contributed by atoms with Gasteiger partial charge in [-0.05, 0) is 64.2 Å². The fraction of sp³-hybridized carbons (Fsp3) is 0.803. The molecule has 0 aromatic carbocycles. The van der Waals surface area contributed by atoms with Gasteiger partial charge in [0.15, 0.2) is 12.6 Å². The third-order valence-corrected chi connectivity index (χ3v) is 15.0. The highest BCUT2D eigenvalue weighted by Gasteiger charge is 2.47. The lowest BCUT2D eigenvalue weighted by molar-refractivity contribution is -0.332. The Morgan fingerprint density at radius 3 is 1.26 bits per heavy atom. The molecule has 0 spiro atoms. The van der Waals surface area contributed by atoms with E-state index in [1.807, 2.05) is 0 Å². The van der Waals surface area contributed by atoms with E-state index in [2.05, 4.69) is 86.8 Å². The number of unbranched alkanes of at least 4 members (excludes halogenated alkanes) is 26. The van der Waals surface area contributed by atoms with E-state index in [-0.39, 0.29) is 25.6 Å². The molecule has 80 heavy (non-hydrogen) atoms. The molecule has 2 aliphatic rings. The molecule has 2 saturated heterocycles. The van der Waals surface area contributed by atoms with Crippen molar-refractivity contribution in [2.24, 2.45) is 0 Å². The summed E-state index contributed by atoms with van der Waals surface area (Å²) >= 11 is 0. The first-order valence-corrected chi connectivity index (χ1v) is 32.0. The Morgan fingerprint density at radius 2 is 0.812 bits per heavy atom. The summed E-state index contributed by atoms with van der Waals surface area (Å²) in [5.41, 5.74) is 0.